The van der Waals surface area contributed by atoms with Gasteiger partial charge in [0.1, 0.15) is 30.2 Å². The molecule has 5 atom stereocenters. The van der Waals surface area contributed by atoms with E-state index >= 15 is 0 Å². The molecule has 0 fully saturated rings. The quantitative estimate of drug-likeness (QED) is 0.0288. The highest BCUT2D eigenvalue weighted by Gasteiger charge is 2.32. The van der Waals surface area contributed by atoms with Crippen molar-refractivity contribution >= 4 is 77.4 Å². The highest BCUT2D eigenvalue weighted by molar-refractivity contribution is 5.94. The molecule has 0 saturated heterocycles. The van der Waals surface area contributed by atoms with E-state index < -0.39 is 160 Å². The lowest BCUT2D eigenvalue weighted by Crippen LogP contribution is -2.57. The molecule has 446 valence electrons. The van der Waals surface area contributed by atoms with Crippen molar-refractivity contribution in [2.75, 3.05) is 78.5 Å². The van der Waals surface area contributed by atoms with Crippen molar-refractivity contribution in [2.45, 2.75) is 81.6 Å². The molecule has 15 N–H and O–H groups in total. The second-order valence-corrected chi connectivity index (χ2v) is 18.3. The molecular weight excluding hydrogens is 1080 g/mol. The molecule has 81 heavy (non-hydrogen) atoms. The summed E-state index contributed by atoms with van der Waals surface area (Å²) >= 11 is 0. The van der Waals surface area contributed by atoms with E-state index in [1.54, 1.807) is 60.7 Å². The van der Waals surface area contributed by atoms with Gasteiger partial charge in [-0.3, -0.25) is 57.9 Å². The Balaban J connectivity index is 2.12. The van der Waals surface area contributed by atoms with E-state index in [0.717, 1.165) is 9.80 Å². The fraction of sp³-hybridized carbons (Fsp3) is 0.500. The number of carbonyl (C=O) groups is 13. The van der Waals surface area contributed by atoms with Gasteiger partial charge in [-0.1, -0.05) is 60.7 Å². The van der Waals surface area contributed by atoms with Gasteiger partial charge in [0.05, 0.1) is 32.7 Å². The predicted octanol–water partition coefficient (Wildman–Crippen LogP) is -3.41. The van der Waals surface area contributed by atoms with Crippen LogP contribution in [-0.4, -0.2) is 242 Å². The Labute approximate surface area is 463 Å². The van der Waals surface area contributed by atoms with Crippen LogP contribution < -0.4 is 37.2 Å². The monoisotopic (exact) mass is 1150 g/mol. The summed E-state index contributed by atoms with van der Waals surface area (Å²) in [6.45, 7) is -3.69. The highest BCUT2D eigenvalue weighted by Crippen LogP contribution is 2.10. The van der Waals surface area contributed by atoms with Gasteiger partial charge in [-0.2, -0.15) is 0 Å². The maximum atomic E-state index is 14.2. The van der Waals surface area contributed by atoms with Gasteiger partial charge in [-0.25, -0.2) is 19.2 Å². The van der Waals surface area contributed by atoms with Crippen LogP contribution in [0.4, 0.5) is 4.79 Å². The standard InChI is InChI=1S/C50H70N10O21/c61-38(52-19-18-51-17-7-12-33(47(75)76)56-50(81)57-35(49(79)80)14-16-40(63)64)15-13-34(48(77)78)54-46(74)37(25-32-10-5-2-6-11-32)55-45(73)36(24-31-8-3-1-4-9-31)53-39(62)26-59(28-42(67)68)22-20-58(27-41(65)66)21-23-60(29-43(69)70)30-44(71)72/h1-6,8-11,33-37,51H,7,12-30H2,(H,52,61)(H,53,62)(H,54,74)(H,55,73)(H,63,64)(H,65,66)(H,67,68)(H,69,70)(H,71,72)(H,75,76)(H,77,78)(H,79,80)(H2,56,57,81)/t33-,34+,35-,36?,37?/m0/s1. The summed E-state index contributed by atoms with van der Waals surface area (Å²) in [5, 5.41) is 92.5. The Kier molecular flexibility index (Phi) is 31.3. The van der Waals surface area contributed by atoms with Crippen LogP contribution in [0.25, 0.3) is 0 Å². The van der Waals surface area contributed by atoms with E-state index in [9.17, 15) is 98.1 Å². The molecule has 2 aromatic rings. The number of aliphatic carboxylic acids is 8. The van der Waals surface area contributed by atoms with Gasteiger partial charge in [0.2, 0.25) is 23.6 Å². The molecule has 0 saturated carbocycles. The minimum absolute atomic E-state index is 0.0296. The van der Waals surface area contributed by atoms with Gasteiger partial charge in [-0.05, 0) is 43.4 Å². The number of nitrogens with one attached hydrogen (secondary N) is 7. The van der Waals surface area contributed by atoms with Gasteiger partial charge in [0.25, 0.3) is 0 Å². The van der Waals surface area contributed by atoms with Crippen LogP contribution in [0, 0.1) is 0 Å². The zero-order valence-corrected chi connectivity index (χ0v) is 44.0. The SMILES string of the molecule is O=C(O)CC[C@H](NC(=O)N[C@@H](CCCNCCNC(=O)CC[C@@H](NC(=O)C(Cc1ccccc1)NC(=O)C(Cc1ccccc1)NC(=O)CN(CCN(CCN(CC(=O)O)CC(=O)O)CC(=O)O)CC(=O)O)C(=O)O)C(=O)O)C(=O)O. The third kappa shape index (κ3) is 30.8. The summed E-state index contributed by atoms with van der Waals surface area (Å²) in [7, 11) is 0. The van der Waals surface area contributed by atoms with Gasteiger partial charge in [-0.15, -0.1) is 0 Å². The van der Waals surface area contributed by atoms with Crippen LogP contribution in [0.1, 0.15) is 49.7 Å². The van der Waals surface area contributed by atoms with Crippen molar-refractivity contribution in [3.05, 3.63) is 71.8 Å². The number of carboxylic acid groups (broad SMARTS) is 8. The zero-order valence-electron chi connectivity index (χ0n) is 44.0. The van der Waals surface area contributed by atoms with E-state index in [4.69, 9.17) is 5.11 Å². The van der Waals surface area contributed by atoms with E-state index in [-0.39, 0.29) is 77.9 Å². The molecule has 0 spiro atoms. The predicted molar refractivity (Wildman–Crippen MR) is 279 cm³/mol. The smallest absolute Gasteiger partial charge is 0.326 e. The molecule has 6 amide bonds. The number of carboxylic acids is 8. The second kappa shape index (κ2) is 37.1. The minimum Gasteiger partial charge on any atom is -0.481 e. The number of hydrogen-bond acceptors (Lipinski definition) is 17. The molecule has 31 heteroatoms. The largest absolute Gasteiger partial charge is 0.481 e. The van der Waals surface area contributed by atoms with Gasteiger partial charge in [0.15, 0.2) is 0 Å². The van der Waals surface area contributed by atoms with E-state index in [2.05, 4.69) is 31.9 Å². The Morgan fingerprint density at radius 2 is 0.778 bits per heavy atom. The second-order valence-electron chi connectivity index (χ2n) is 18.3. The van der Waals surface area contributed by atoms with Crippen molar-refractivity contribution in [3.8, 4) is 0 Å². The van der Waals surface area contributed by atoms with E-state index in [1.807, 2.05) is 5.32 Å². The first kappa shape index (κ1) is 68.3. The van der Waals surface area contributed by atoms with Crippen LogP contribution in [0.3, 0.4) is 0 Å². The molecule has 0 heterocycles. The number of rotatable bonds is 43. The van der Waals surface area contributed by atoms with Gasteiger partial charge in [0, 0.05) is 65.0 Å². The Hall–Kier alpha value is -8.81. The maximum Gasteiger partial charge on any atom is 0.326 e. The molecule has 31 nitrogen and oxygen atoms in total. The van der Waals surface area contributed by atoms with Gasteiger partial charge < -0.3 is 78.1 Å². The number of hydrogen-bond donors (Lipinski definition) is 15. The summed E-state index contributed by atoms with van der Waals surface area (Å²) in [5.41, 5.74) is 1.07. The number of urea groups is 1. The third-order valence-electron chi connectivity index (χ3n) is 11.7. The Bertz CT molecular complexity index is 2440. The maximum absolute atomic E-state index is 14.2. The van der Waals surface area contributed by atoms with Crippen LogP contribution >= 0.6 is 0 Å². The molecule has 2 aromatic carbocycles. The van der Waals surface area contributed by atoms with Crippen LogP contribution in [0.15, 0.2) is 60.7 Å². The lowest BCUT2D eigenvalue weighted by molar-refractivity contribution is -0.143. The fourth-order valence-corrected chi connectivity index (χ4v) is 7.74. The summed E-state index contributed by atoms with van der Waals surface area (Å²) in [6.07, 6.45) is -2.04. The lowest BCUT2D eigenvalue weighted by atomic mass is 10.0. The van der Waals surface area contributed by atoms with Crippen molar-refractivity contribution in [2.24, 2.45) is 0 Å². The molecule has 0 radical (unpaired) electrons. The summed E-state index contributed by atoms with van der Waals surface area (Å²) < 4.78 is 0. The molecule has 2 rings (SSSR count). The Morgan fingerprint density at radius 3 is 1.23 bits per heavy atom. The number of amides is 6. The summed E-state index contributed by atoms with van der Waals surface area (Å²) in [4.78, 5) is 163. The molecule has 0 aliphatic rings. The first-order chi connectivity index (χ1) is 38.3. The van der Waals surface area contributed by atoms with E-state index in [0.29, 0.717) is 11.1 Å². The van der Waals surface area contributed by atoms with Crippen molar-refractivity contribution in [3.63, 3.8) is 0 Å². The molecule has 2 unspecified atom stereocenters. The van der Waals surface area contributed by atoms with Crippen LogP contribution in [0.5, 0.6) is 0 Å². The fourth-order valence-electron chi connectivity index (χ4n) is 7.74. The molecule has 0 bridgehead atoms. The van der Waals surface area contributed by atoms with Crippen LogP contribution in [-0.2, 0) is 70.4 Å². The topological polar surface area (TPSA) is 478 Å². The van der Waals surface area contributed by atoms with Crippen molar-refractivity contribution < 1.29 is 103 Å². The average Bonchev–Trinajstić information content (AvgIpc) is 3.38. The lowest BCUT2D eigenvalue weighted by Gasteiger charge is -2.28. The van der Waals surface area contributed by atoms with Crippen LogP contribution in [0.2, 0.25) is 0 Å². The summed E-state index contributed by atoms with van der Waals surface area (Å²) in [6, 6.07) is 7.92. The van der Waals surface area contributed by atoms with Gasteiger partial charge >= 0.3 is 53.8 Å². The first-order valence-electron chi connectivity index (χ1n) is 25.3. The number of nitrogens with zero attached hydrogens (tertiary/aromatic N) is 3. The highest BCUT2D eigenvalue weighted by atomic mass is 16.4. The molecule has 0 aromatic heterocycles. The summed E-state index contributed by atoms with van der Waals surface area (Å²) in [5.74, 6) is -14.4. The first-order valence-corrected chi connectivity index (χ1v) is 25.3. The van der Waals surface area contributed by atoms with Crippen molar-refractivity contribution in [1.29, 1.82) is 0 Å². The van der Waals surface area contributed by atoms with Crippen molar-refractivity contribution in [1.82, 2.24) is 51.9 Å². The normalized spacial score (nSPS) is 12.9. The Morgan fingerprint density at radius 1 is 0.383 bits per heavy atom. The molecule has 0 aliphatic carbocycles. The minimum atomic E-state index is -1.64. The molecule has 0 aliphatic heterocycles. The average molecular weight is 1150 g/mol. The number of benzene rings is 2. The molecular formula is C50H70N10O21. The number of carbonyl (C=O) groups excluding carboxylic acids is 5. The van der Waals surface area contributed by atoms with E-state index in [1.165, 1.54) is 4.90 Å². The zero-order chi connectivity index (χ0) is 60.4. The third-order valence-corrected chi connectivity index (χ3v) is 11.7.